The fourth-order valence-electron chi connectivity index (χ4n) is 5.08. The van der Waals surface area contributed by atoms with E-state index in [4.69, 9.17) is 18.6 Å². The third-order valence-electron chi connectivity index (χ3n) is 7.38. The second-order valence-corrected chi connectivity index (χ2v) is 10.1. The first kappa shape index (κ1) is 29.0. The number of hydrogen-bond donors (Lipinski definition) is 9. The zero-order valence-corrected chi connectivity index (χ0v) is 21.6. The minimum atomic E-state index is -1.70. The Labute approximate surface area is 231 Å². The van der Waals surface area contributed by atoms with Crippen LogP contribution in [0, 0.1) is 0 Å². The van der Waals surface area contributed by atoms with E-state index in [1.165, 1.54) is 25.1 Å². The number of benzene rings is 2. The normalized spacial score (nSPS) is 32.2. The van der Waals surface area contributed by atoms with Gasteiger partial charge in [-0.3, -0.25) is 4.79 Å². The first-order valence-corrected chi connectivity index (χ1v) is 12.8. The number of fused-ring (bicyclic) bond motifs is 1. The Balaban J connectivity index is 1.44. The molecule has 9 atom stereocenters. The highest BCUT2D eigenvalue weighted by Gasteiger charge is 2.45. The van der Waals surface area contributed by atoms with Crippen molar-refractivity contribution in [1.82, 2.24) is 0 Å². The first-order valence-electron chi connectivity index (χ1n) is 12.8. The average molecular weight is 579 g/mol. The standard InChI is InChI=1S/C27H30O14/c1-9-22(33)14(32)7-17(38-9)20-13(31)6-18-21(24(20)35)12(30)5-16(39-18)10-2-3-15(11(29)4-10)40-27-26(37)25(36)23(34)19(8-28)41-27/h2-6,9,14,17,19,22-23,25-29,31-37H,7-8H2,1H3/t9-,14+,17-,19-,22+,23-,25+,26-,27-/m1/s1. The lowest BCUT2D eigenvalue weighted by Gasteiger charge is -2.39. The largest absolute Gasteiger partial charge is 0.507 e. The number of rotatable bonds is 5. The Hall–Kier alpha value is -3.47. The van der Waals surface area contributed by atoms with Crippen LogP contribution in [0.15, 0.2) is 39.5 Å². The molecule has 2 fully saturated rings. The minimum absolute atomic E-state index is 0.0511. The van der Waals surface area contributed by atoms with Crippen molar-refractivity contribution >= 4 is 11.0 Å². The zero-order valence-electron chi connectivity index (χ0n) is 21.6. The molecule has 41 heavy (non-hydrogen) atoms. The maximum Gasteiger partial charge on any atom is 0.229 e. The van der Waals surface area contributed by atoms with Crippen LogP contribution < -0.4 is 10.2 Å². The van der Waals surface area contributed by atoms with Gasteiger partial charge in [-0.25, -0.2) is 0 Å². The van der Waals surface area contributed by atoms with Crippen molar-refractivity contribution in [1.29, 1.82) is 0 Å². The van der Waals surface area contributed by atoms with Gasteiger partial charge in [0.05, 0.1) is 30.5 Å². The summed E-state index contributed by atoms with van der Waals surface area (Å²) in [5.74, 6) is -1.80. The quantitative estimate of drug-likeness (QED) is 0.182. The van der Waals surface area contributed by atoms with E-state index in [9.17, 15) is 50.8 Å². The predicted molar refractivity (Wildman–Crippen MR) is 137 cm³/mol. The minimum Gasteiger partial charge on any atom is -0.507 e. The van der Waals surface area contributed by atoms with Crippen LogP contribution in [-0.2, 0) is 9.47 Å². The molecule has 0 aliphatic carbocycles. The van der Waals surface area contributed by atoms with Gasteiger partial charge in [-0.1, -0.05) is 0 Å². The van der Waals surface area contributed by atoms with E-state index >= 15 is 0 Å². The molecule has 2 aromatic carbocycles. The lowest BCUT2D eigenvalue weighted by atomic mass is 9.92. The van der Waals surface area contributed by atoms with Crippen LogP contribution in [0.5, 0.6) is 23.0 Å². The molecule has 2 aliphatic rings. The van der Waals surface area contributed by atoms with Gasteiger partial charge in [-0.2, -0.15) is 0 Å². The fraction of sp³-hybridized carbons (Fsp3) is 0.444. The molecule has 3 aromatic rings. The molecule has 5 rings (SSSR count). The fourth-order valence-corrected chi connectivity index (χ4v) is 5.08. The van der Waals surface area contributed by atoms with Gasteiger partial charge < -0.3 is 64.6 Å². The van der Waals surface area contributed by atoms with Gasteiger partial charge in [0.25, 0.3) is 0 Å². The number of ether oxygens (including phenoxy) is 3. The Morgan fingerprint density at radius 2 is 1.63 bits per heavy atom. The van der Waals surface area contributed by atoms with Crippen molar-refractivity contribution in [2.24, 2.45) is 0 Å². The van der Waals surface area contributed by atoms with Gasteiger partial charge in [0.2, 0.25) is 6.29 Å². The lowest BCUT2D eigenvalue weighted by molar-refractivity contribution is -0.277. The molecule has 14 nitrogen and oxygen atoms in total. The molecule has 3 heterocycles. The molecule has 14 heteroatoms. The topological polar surface area (TPSA) is 240 Å². The van der Waals surface area contributed by atoms with Gasteiger partial charge in [-0.05, 0) is 25.1 Å². The van der Waals surface area contributed by atoms with Crippen molar-refractivity contribution in [3.8, 4) is 34.3 Å². The van der Waals surface area contributed by atoms with Gasteiger partial charge in [0, 0.05) is 24.1 Å². The van der Waals surface area contributed by atoms with Crippen molar-refractivity contribution in [2.75, 3.05) is 6.61 Å². The summed E-state index contributed by atoms with van der Waals surface area (Å²) in [6.45, 7) is 0.854. The highest BCUT2D eigenvalue weighted by molar-refractivity contribution is 5.88. The molecule has 2 aliphatic heterocycles. The molecular formula is C27H30O14. The number of phenolic OH excluding ortho intramolecular Hbond substituents is 3. The second kappa shape index (κ2) is 11.1. The predicted octanol–water partition coefficient (Wildman–Crippen LogP) is -0.673. The average Bonchev–Trinajstić information content (AvgIpc) is 2.92. The molecule has 9 N–H and O–H groups in total. The monoisotopic (exact) mass is 578 g/mol. The van der Waals surface area contributed by atoms with Crippen LogP contribution in [0.25, 0.3) is 22.3 Å². The van der Waals surface area contributed by atoms with Crippen LogP contribution >= 0.6 is 0 Å². The third kappa shape index (κ3) is 5.20. The lowest BCUT2D eigenvalue weighted by Crippen LogP contribution is -2.60. The Morgan fingerprint density at radius 3 is 2.29 bits per heavy atom. The summed E-state index contributed by atoms with van der Waals surface area (Å²) in [7, 11) is 0. The molecular weight excluding hydrogens is 548 g/mol. The van der Waals surface area contributed by atoms with E-state index in [-0.39, 0.29) is 40.0 Å². The molecule has 0 radical (unpaired) electrons. The van der Waals surface area contributed by atoms with E-state index in [0.29, 0.717) is 0 Å². The number of phenols is 3. The van der Waals surface area contributed by atoms with Crippen LogP contribution in [0.3, 0.4) is 0 Å². The van der Waals surface area contributed by atoms with Crippen molar-refractivity contribution in [3.05, 3.63) is 46.1 Å². The molecule has 0 amide bonds. The highest BCUT2D eigenvalue weighted by atomic mass is 16.7. The van der Waals surface area contributed by atoms with Crippen LogP contribution in [0.1, 0.15) is 25.0 Å². The molecule has 0 unspecified atom stereocenters. The molecule has 0 saturated carbocycles. The molecule has 2 saturated heterocycles. The summed E-state index contributed by atoms with van der Waals surface area (Å²) in [6.07, 6.45) is -12.0. The summed E-state index contributed by atoms with van der Waals surface area (Å²) in [5.41, 5.74) is -0.822. The van der Waals surface area contributed by atoms with E-state index in [1.807, 2.05) is 0 Å². The zero-order chi connectivity index (χ0) is 29.7. The first-order chi connectivity index (χ1) is 19.4. The van der Waals surface area contributed by atoms with E-state index < -0.39 is 84.4 Å². The maximum absolute atomic E-state index is 13.1. The van der Waals surface area contributed by atoms with E-state index in [1.54, 1.807) is 0 Å². The summed E-state index contributed by atoms with van der Waals surface area (Å²) < 4.78 is 22.1. The molecule has 0 bridgehead atoms. The Morgan fingerprint density at radius 1 is 0.902 bits per heavy atom. The summed E-state index contributed by atoms with van der Waals surface area (Å²) >= 11 is 0. The molecule has 222 valence electrons. The van der Waals surface area contributed by atoms with E-state index in [0.717, 1.165) is 12.1 Å². The highest BCUT2D eigenvalue weighted by Crippen LogP contribution is 2.44. The van der Waals surface area contributed by atoms with Crippen LogP contribution in [0.2, 0.25) is 0 Å². The van der Waals surface area contributed by atoms with Gasteiger partial charge in [0.1, 0.15) is 58.7 Å². The van der Waals surface area contributed by atoms with Gasteiger partial charge in [-0.15, -0.1) is 0 Å². The van der Waals surface area contributed by atoms with Crippen molar-refractivity contribution < 1.29 is 64.6 Å². The Bertz CT molecular complexity index is 1470. The SMILES string of the molecule is C[C@H]1O[C@@H](c2c(O)cc3oc(-c4ccc(O[C@@H]5O[C@H](CO)[C@@H](O)[C@H](O)[C@H]5O)c(O)c4)cc(=O)c3c2O)C[C@H](O)[C@H]1O. The third-order valence-corrected chi connectivity index (χ3v) is 7.38. The maximum atomic E-state index is 13.1. The van der Waals surface area contributed by atoms with E-state index in [2.05, 4.69) is 0 Å². The number of aliphatic hydroxyl groups excluding tert-OH is 6. The number of hydrogen-bond acceptors (Lipinski definition) is 14. The second-order valence-electron chi connectivity index (χ2n) is 10.1. The van der Waals surface area contributed by atoms with Crippen LogP contribution in [0.4, 0.5) is 0 Å². The van der Waals surface area contributed by atoms with Gasteiger partial charge in [0.15, 0.2) is 16.9 Å². The smallest absolute Gasteiger partial charge is 0.229 e. The van der Waals surface area contributed by atoms with Crippen LogP contribution in [-0.4, -0.2) is 102 Å². The van der Waals surface area contributed by atoms with Gasteiger partial charge >= 0.3 is 0 Å². The summed E-state index contributed by atoms with van der Waals surface area (Å²) in [6, 6.07) is 5.98. The number of aromatic hydroxyl groups is 3. The Kier molecular flexibility index (Phi) is 7.84. The molecule has 0 spiro atoms. The molecule has 1 aromatic heterocycles. The summed E-state index contributed by atoms with van der Waals surface area (Å²) in [5, 5.41) is 91.3. The summed E-state index contributed by atoms with van der Waals surface area (Å²) in [4.78, 5) is 13.1. The van der Waals surface area contributed by atoms with Crippen molar-refractivity contribution in [2.45, 2.75) is 68.5 Å². The number of aliphatic hydroxyl groups is 6. The van der Waals surface area contributed by atoms with Crippen molar-refractivity contribution in [3.63, 3.8) is 0 Å².